The molecule has 4 nitrogen and oxygen atoms in total. The second-order valence-electron chi connectivity index (χ2n) is 7.86. The molecule has 1 N–H and O–H groups in total. The molecule has 7 heteroatoms. The summed E-state index contributed by atoms with van der Waals surface area (Å²) >= 11 is 0. The number of halogens is 3. The second kappa shape index (κ2) is 7.71. The van der Waals surface area contributed by atoms with Crippen molar-refractivity contribution in [3.63, 3.8) is 0 Å². The van der Waals surface area contributed by atoms with Gasteiger partial charge < -0.3 is 10.0 Å². The Hall–Kier alpha value is -2.54. The van der Waals surface area contributed by atoms with E-state index in [1.807, 2.05) is 0 Å². The van der Waals surface area contributed by atoms with Gasteiger partial charge >= 0.3 is 0 Å². The molecule has 2 atom stereocenters. The number of benzene rings is 2. The highest BCUT2D eigenvalue weighted by atomic mass is 19.3. The standard InChI is InChI=1S/C22H23F3N2O2/c23-17-5-1-15(2-6-17)13-26-12-10-20(21(26)29)27-11-9-19(22(24,25)14-27)16-3-7-18(28)8-4-16/h1-8,19-20,28H,9-14H2/t19-,20-/m1/s1. The first-order valence-electron chi connectivity index (χ1n) is 9.77. The van der Waals surface area contributed by atoms with E-state index >= 15 is 0 Å². The average Bonchev–Trinajstić information content (AvgIpc) is 3.04. The number of likely N-dealkylation sites (tertiary alicyclic amines) is 2. The third kappa shape index (κ3) is 4.10. The molecule has 2 aromatic carbocycles. The number of hydrogen-bond acceptors (Lipinski definition) is 3. The molecule has 2 aromatic rings. The van der Waals surface area contributed by atoms with Crippen LogP contribution in [-0.4, -0.2) is 52.4 Å². The number of alkyl halides is 2. The summed E-state index contributed by atoms with van der Waals surface area (Å²) in [4.78, 5) is 16.1. The molecule has 0 radical (unpaired) electrons. The number of rotatable bonds is 4. The van der Waals surface area contributed by atoms with Crippen LogP contribution < -0.4 is 0 Å². The van der Waals surface area contributed by atoms with Crippen LogP contribution in [0.4, 0.5) is 13.2 Å². The van der Waals surface area contributed by atoms with Crippen LogP contribution in [0.25, 0.3) is 0 Å². The molecule has 4 rings (SSSR count). The molecule has 154 valence electrons. The van der Waals surface area contributed by atoms with E-state index in [1.54, 1.807) is 21.9 Å². The molecule has 0 aromatic heterocycles. The number of nitrogens with zero attached hydrogens (tertiary/aromatic N) is 2. The molecule has 29 heavy (non-hydrogen) atoms. The number of aromatic hydroxyl groups is 1. The van der Waals surface area contributed by atoms with E-state index in [1.165, 1.54) is 36.4 Å². The number of carbonyl (C=O) groups is 1. The summed E-state index contributed by atoms with van der Waals surface area (Å²) in [6.45, 7) is 0.821. The lowest BCUT2D eigenvalue weighted by Crippen LogP contribution is -2.53. The maximum Gasteiger partial charge on any atom is 0.267 e. The lowest BCUT2D eigenvalue weighted by atomic mass is 9.85. The first-order chi connectivity index (χ1) is 13.8. The molecule has 2 aliphatic heterocycles. The Kier molecular flexibility index (Phi) is 5.25. The van der Waals surface area contributed by atoms with Crippen molar-refractivity contribution in [2.45, 2.75) is 37.3 Å². The maximum atomic E-state index is 14.9. The van der Waals surface area contributed by atoms with Gasteiger partial charge in [0.1, 0.15) is 11.6 Å². The van der Waals surface area contributed by atoms with Crippen LogP contribution in [0.3, 0.4) is 0 Å². The van der Waals surface area contributed by atoms with Crippen LogP contribution in [0.5, 0.6) is 5.75 Å². The van der Waals surface area contributed by atoms with Crippen molar-refractivity contribution < 1.29 is 23.1 Å². The zero-order valence-corrected chi connectivity index (χ0v) is 15.9. The molecule has 2 saturated heterocycles. The Labute approximate surface area is 167 Å². The maximum absolute atomic E-state index is 14.9. The smallest absolute Gasteiger partial charge is 0.267 e. The normalized spacial score (nSPS) is 24.8. The lowest BCUT2D eigenvalue weighted by molar-refractivity contribution is -0.137. The van der Waals surface area contributed by atoms with Gasteiger partial charge in [-0.2, -0.15) is 0 Å². The van der Waals surface area contributed by atoms with Crippen molar-refractivity contribution in [2.75, 3.05) is 19.6 Å². The number of hydrogen-bond donors (Lipinski definition) is 1. The topological polar surface area (TPSA) is 43.8 Å². The fourth-order valence-electron chi connectivity index (χ4n) is 4.38. The fraction of sp³-hybridized carbons (Fsp3) is 0.409. The largest absolute Gasteiger partial charge is 0.508 e. The summed E-state index contributed by atoms with van der Waals surface area (Å²) in [7, 11) is 0. The van der Waals surface area contributed by atoms with Crippen LogP contribution >= 0.6 is 0 Å². The van der Waals surface area contributed by atoms with Gasteiger partial charge in [-0.25, -0.2) is 13.2 Å². The highest BCUT2D eigenvalue weighted by Gasteiger charge is 2.49. The fourth-order valence-corrected chi connectivity index (χ4v) is 4.38. The summed E-state index contributed by atoms with van der Waals surface area (Å²) in [5.41, 5.74) is 1.32. The minimum Gasteiger partial charge on any atom is -0.508 e. The predicted octanol–water partition coefficient (Wildman–Crippen LogP) is 3.76. The van der Waals surface area contributed by atoms with E-state index < -0.39 is 24.4 Å². The molecule has 0 saturated carbocycles. The van der Waals surface area contributed by atoms with E-state index in [2.05, 4.69) is 0 Å². The minimum atomic E-state index is -2.96. The molecule has 0 spiro atoms. The Morgan fingerprint density at radius 3 is 2.34 bits per heavy atom. The molecule has 2 aliphatic rings. The zero-order chi connectivity index (χ0) is 20.6. The van der Waals surface area contributed by atoms with E-state index in [9.17, 15) is 23.1 Å². The van der Waals surface area contributed by atoms with Crippen molar-refractivity contribution >= 4 is 5.91 Å². The highest BCUT2D eigenvalue weighted by molar-refractivity contribution is 5.84. The van der Waals surface area contributed by atoms with Gasteiger partial charge in [-0.3, -0.25) is 9.69 Å². The van der Waals surface area contributed by atoms with Crippen LogP contribution in [0.1, 0.15) is 29.9 Å². The molecule has 0 bridgehead atoms. The summed E-state index contributed by atoms with van der Waals surface area (Å²) in [6.07, 6.45) is 0.763. The second-order valence-corrected chi connectivity index (χ2v) is 7.86. The molecule has 2 fully saturated rings. The highest BCUT2D eigenvalue weighted by Crippen LogP contribution is 2.42. The number of phenols is 1. The van der Waals surface area contributed by atoms with Gasteiger partial charge in [0.15, 0.2) is 0 Å². The van der Waals surface area contributed by atoms with Crippen LogP contribution in [0.2, 0.25) is 0 Å². The number of piperidine rings is 1. The van der Waals surface area contributed by atoms with Gasteiger partial charge in [0.25, 0.3) is 5.92 Å². The van der Waals surface area contributed by atoms with E-state index in [4.69, 9.17) is 0 Å². The number of carbonyl (C=O) groups excluding carboxylic acids is 1. The van der Waals surface area contributed by atoms with Crippen molar-refractivity contribution in [3.8, 4) is 5.75 Å². The van der Waals surface area contributed by atoms with Crippen molar-refractivity contribution in [2.24, 2.45) is 0 Å². The van der Waals surface area contributed by atoms with E-state index in [0.717, 1.165) is 5.56 Å². The third-order valence-corrected chi connectivity index (χ3v) is 5.92. The summed E-state index contributed by atoms with van der Waals surface area (Å²) in [6, 6.07) is 11.3. The summed E-state index contributed by atoms with van der Waals surface area (Å²) < 4.78 is 42.9. The molecule has 0 aliphatic carbocycles. The van der Waals surface area contributed by atoms with Crippen molar-refractivity contribution in [1.29, 1.82) is 0 Å². The Bertz CT molecular complexity index is 871. The molecule has 1 amide bonds. The Balaban J connectivity index is 1.41. The van der Waals surface area contributed by atoms with Gasteiger partial charge in [0.05, 0.1) is 18.5 Å². The SMILES string of the molecule is O=C1[C@H](N2CC[C@H](c3ccc(O)cc3)C(F)(F)C2)CCN1Cc1ccc(F)cc1. The summed E-state index contributed by atoms with van der Waals surface area (Å²) in [5, 5.41) is 9.39. The number of phenolic OH excluding ortho intramolecular Hbond substituents is 1. The minimum absolute atomic E-state index is 0.0484. The lowest BCUT2D eigenvalue weighted by Gasteiger charge is -2.40. The average molecular weight is 404 g/mol. The van der Waals surface area contributed by atoms with Gasteiger partial charge in [0.2, 0.25) is 5.91 Å². The first kappa shape index (κ1) is 19.8. The molecular formula is C22H23F3N2O2. The molecular weight excluding hydrogens is 381 g/mol. The van der Waals surface area contributed by atoms with Gasteiger partial charge in [-0.05, 0) is 54.8 Å². The number of amides is 1. The molecule has 0 unspecified atom stereocenters. The predicted molar refractivity (Wildman–Crippen MR) is 102 cm³/mol. The van der Waals surface area contributed by atoms with Crippen LogP contribution in [-0.2, 0) is 11.3 Å². The van der Waals surface area contributed by atoms with Gasteiger partial charge in [0, 0.05) is 13.1 Å². The molecule has 2 heterocycles. The summed E-state index contributed by atoms with van der Waals surface area (Å²) in [5.74, 6) is -4.32. The quantitative estimate of drug-likeness (QED) is 0.844. The van der Waals surface area contributed by atoms with Gasteiger partial charge in [-0.1, -0.05) is 24.3 Å². The van der Waals surface area contributed by atoms with Crippen molar-refractivity contribution in [3.05, 3.63) is 65.5 Å². The van der Waals surface area contributed by atoms with E-state index in [0.29, 0.717) is 31.6 Å². The third-order valence-electron chi connectivity index (χ3n) is 5.92. The Morgan fingerprint density at radius 1 is 1.00 bits per heavy atom. The Morgan fingerprint density at radius 2 is 1.69 bits per heavy atom. The van der Waals surface area contributed by atoms with E-state index in [-0.39, 0.29) is 23.9 Å². The van der Waals surface area contributed by atoms with Crippen molar-refractivity contribution in [1.82, 2.24) is 9.80 Å². The first-order valence-corrected chi connectivity index (χ1v) is 9.77. The van der Waals surface area contributed by atoms with Crippen LogP contribution in [0, 0.1) is 5.82 Å². The van der Waals surface area contributed by atoms with Crippen LogP contribution in [0.15, 0.2) is 48.5 Å². The monoisotopic (exact) mass is 404 g/mol. The van der Waals surface area contributed by atoms with Gasteiger partial charge in [-0.15, -0.1) is 0 Å². The zero-order valence-electron chi connectivity index (χ0n) is 15.9.